The van der Waals surface area contributed by atoms with Gasteiger partial charge in [-0.2, -0.15) is 0 Å². The molecule has 2 heterocycles. The molecule has 2 unspecified atom stereocenters. The number of likely N-dealkylation sites (tertiary alicyclic amines) is 1. The highest BCUT2D eigenvalue weighted by Crippen LogP contribution is 2.37. The third-order valence-corrected chi connectivity index (χ3v) is 5.79. The van der Waals surface area contributed by atoms with E-state index in [1.807, 2.05) is 0 Å². The quantitative estimate of drug-likeness (QED) is 0.657. The van der Waals surface area contributed by atoms with E-state index in [0.717, 1.165) is 12.5 Å². The van der Waals surface area contributed by atoms with Crippen LogP contribution in [0.5, 0.6) is 0 Å². The smallest absolute Gasteiger partial charge is 0.0348 e. The van der Waals surface area contributed by atoms with Gasteiger partial charge in [0.15, 0.2) is 0 Å². The second-order valence-electron chi connectivity index (χ2n) is 7.96. The van der Waals surface area contributed by atoms with Crippen LogP contribution in [-0.4, -0.2) is 40.5 Å². The van der Waals surface area contributed by atoms with Crippen LogP contribution in [0.2, 0.25) is 0 Å². The van der Waals surface area contributed by atoms with Gasteiger partial charge in [-0.3, -0.25) is 4.90 Å². The lowest BCUT2D eigenvalue weighted by Gasteiger charge is -2.37. The zero-order chi connectivity index (χ0) is 16.4. The van der Waals surface area contributed by atoms with Crippen molar-refractivity contribution in [1.29, 1.82) is 0 Å². The van der Waals surface area contributed by atoms with Gasteiger partial charge in [-0.25, -0.2) is 0 Å². The van der Waals surface area contributed by atoms with Crippen molar-refractivity contribution in [1.82, 2.24) is 9.80 Å². The van der Waals surface area contributed by atoms with E-state index in [1.165, 1.54) is 24.8 Å². The van der Waals surface area contributed by atoms with E-state index in [1.54, 1.807) is 0 Å². The van der Waals surface area contributed by atoms with Gasteiger partial charge in [0.25, 0.3) is 0 Å². The summed E-state index contributed by atoms with van der Waals surface area (Å²) in [6, 6.07) is 2.55. The van der Waals surface area contributed by atoms with Gasteiger partial charge in [-0.05, 0) is 57.7 Å². The molecule has 2 rings (SSSR count). The Morgan fingerprint density at radius 3 is 2.41 bits per heavy atom. The maximum absolute atomic E-state index is 4.43. The Labute approximate surface area is 138 Å². The van der Waals surface area contributed by atoms with E-state index >= 15 is 0 Å². The molecule has 2 aliphatic heterocycles. The van der Waals surface area contributed by atoms with Crippen LogP contribution in [0.15, 0.2) is 24.4 Å². The van der Waals surface area contributed by atoms with Crippen LogP contribution in [0.3, 0.4) is 0 Å². The summed E-state index contributed by atoms with van der Waals surface area (Å²) < 4.78 is 0. The van der Waals surface area contributed by atoms with Gasteiger partial charge in [0.05, 0.1) is 0 Å². The van der Waals surface area contributed by atoms with Gasteiger partial charge in [0.1, 0.15) is 0 Å². The van der Waals surface area contributed by atoms with Crippen LogP contribution in [0.1, 0.15) is 60.8 Å². The predicted octanol–water partition coefficient (Wildman–Crippen LogP) is 4.68. The summed E-state index contributed by atoms with van der Waals surface area (Å²) >= 11 is 0. The fourth-order valence-electron chi connectivity index (χ4n) is 4.51. The zero-order valence-corrected chi connectivity index (χ0v) is 15.5. The molecule has 0 aromatic carbocycles. The van der Waals surface area contributed by atoms with Crippen LogP contribution < -0.4 is 0 Å². The molecule has 0 aliphatic carbocycles. The van der Waals surface area contributed by atoms with Gasteiger partial charge < -0.3 is 4.90 Å². The fraction of sp³-hybridized carbons (Fsp3) is 0.800. The summed E-state index contributed by atoms with van der Waals surface area (Å²) in [4.78, 5) is 5.27. The number of rotatable bonds is 6. The molecule has 1 saturated heterocycles. The van der Waals surface area contributed by atoms with Crippen molar-refractivity contribution in [3.8, 4) is 0 Å². The van der Waals surface area contributed by atoms with E-state index in [4.69, 9.17) is 0 Å². The third-order valence-electron chi connectivity index (χ3n) is 5.79. The highest BCUT2D eigenvalue weighted by atomic mass is 15.2. The summed E-state index contributed by atoms with van der Waals surface area (Å²) in [6.07, 6.45) is 8.31. The predicted molar refractivity (Wildman–Crippen MR) is 96.9 cm³/mol. The first-order valence-electron chi connectivity index (χ1n) is 9.24. The summed E-state index contributed by atoms with van der Waals surface area (Å²) in [7, 11) is 0. The highest BCUT2D eigenvalue weighted by molar-refractivity contribution is 5.17. The Bertz CT molecular complexity index is 410. The first-order chi connectivity index (χ1) is 10.4. The van der Waals surface area contributed by atoms with Crippen LogP contribution in [-0.2, 0) is 0 Å². The molecule has 0 aromatic rings. The van der Waals surface area contributed by atoms with Crippen molar-refractivity contribution >= 4 is 0 Å². The lowest BCUT2D eigenvalue weighted by molar-refractivity contribution is 0.128. The average Bonchev–Trinajstić information content (AvgIpc) is 3.04. The van der Waals surface area contributed by atoms with Crippen LogP contribution >= 0.6 is 0 Å². The topological polar surface area (TPSA) is 6.48 Å². The molecule has 4 atom stereocenters. The summed E-state index contributed by atoms with van der Waals surface area (Å²) in [5, 5.41) is 0. The second-order valence-corrected chi connectivity index (χ2v) is 7.96. The van der Waals surface area contributed by atoms with Gasteiger partial charge in [-0.1, -0.05) is 45.9 Å². The van der Waals surface area contributed by atoms with Gasteiger partial charge >= 0.3 is 0 Å². The normalized spacial score (nSPS) is 31.0. The van der Waals surface area contributed by atoms with Crippen LogP contribution in [0.25, 0.3) is 0 Å². The van der Waals surface area contributed by atoms with Crippen LogP contribution in [0, 0.1) is 11.8 Å². The molecule has 1 fully saturated rings. The lowest BCUT2D eigenvalue weighted by Crippen LogP contribution is -2.43. The van der Waals surface area contributed by atoms with Gasteiger partial charge in [-0.15, -0.1) is 0 Å². The second kappa shape index (κ2) is 7.21. The van der Waals surface area contributed by atoms with Gasteiger partial charge in [0.2, 0.25) is 0 Å². The van der Waals surface area contributed by atoms with E-state index in [9.17, 15) is 0 Å². The molecule has 0 radical (unpaired) electrons. The minimum atomic E-state index is 0.585. The lowest BCUT2D eigenvalue weighted by atomic mass is 9.89. The van der Waals surface area contributed by atoms with Crippen molar-refractivity contribution in [2.24, 2.45) is 11.8 Å². The van der Waals surface area contributed by atoms with Crippen molar-refractivity contribution in [3.63, 3.8) is 0 Å². The van der Waals surface area contributed by atoms with Crippen molar-refractivity contribution in [2.75, 3.05) is 6.54 Å². The monoisotopic (exact) mass is 304 g/mol. The van der Waals surface area contributed by atoms with E-state index in [-0.39, 0.29) is 0 Å². The van der Waals surface area contributed by atoms with E-state index in [2.05, 4.69) is 70.2 Å². The Kier molecular flexibility index (Phi) is 5.76. The Balaban J connectivity index is 2.04. The van der Waals surface area contributed by atoms with E-state index in [0.29, 0.717) is 30.1 Å². The third kappa shape index (κ3) is 3.42. The zero-order valence-electron chi connectivity index (χ0n) is 15.5. The van der Waals surface area contributed by atoms with Crippen molar-refractivity contribution in [2.45, 2.75) is 85.0 Å². The Morgan fingerprint density at radius 2 is 1.86 bits per heavy atom. The largest absolute Gasteiger partial charge is 0.372 e. The average molecular weight is 305 g/mol. The molecule has 0 aromatic heterocycles. The molecule has 0 spiro atoms. The molecule has 0 bridgehead atoms. The van der Waals surface area contributed by atoms with E-state index < -0.39 is 0 Å². The summed E-state index contributed by atoms with van der Waals surface area (Å²) in [6.45, 7) is 19.6. The maximum atomic E-state index is 4.43. The number of hydrogen-bond donors (Lipinski definition) is 0. The molecule has 126 valence electrons. The van der Waals surface area contributed by atoms with Crippen molar-refractivity contribution < 1.29 is 0 Å². The number of likely N-dealkylation sites (N-methyl/N-ethyl adjacent to an activating group) is 1. The maximum Gasteiger partial charge on any atom is 0.0348 e. The molecule has 2 nitrogen and oxygen atoms in total. The first-order valence-corrected chi connectivity index (χ1v) is 9.24. The fourth-order valence-corrected chi connectivity index (χ4v) is 4.51. The standard InChI is InChI=1S/C20H36N2/c1-8-21-19(14(2)3)12-17(7)20(21)13-16(6)18-10-9-11-22(18)15(4)5/h9,11,14-16,18-20H,7-8,10,12-13H2,1-6H3/t16?,18-,19-,20?/m0/s1. The number of nitrogens with zero attached hydrogens (tertiary/aromatic N) is 2. The molecule has 0 N–H and O–H groups in total. The molecule has 2 heteroatoms. The SMILES string of the molecule is C=C1C[C@@H](C(C)C)N(CC)C1CC(C)[C@@H]1CC=CN1C(C)C. The molecule has 22 heavy (non-hydrogen) atoms. The molecular formula is C20H36N2. The highest BCUT2D eigenvalue weighted by Gasteiger charge is 2.38. The van der Waals surface area contributed by atoms with Crippen LogP contribution in [0.4, 0.5) is 0 Å². The Hall–Kier alpha value is -0.760. The number of hydrogen-bond acceptors (Lipinski definition) is 2. The minimum Gasteiger partial charge on any atom is -0.372 e. The molecular weight excluding hydrogens is 268 g/mol. The Morgan fingerprint density at radius 1 is 1.18 bits per heavy atom. The molecule has 2 aliphatic rings. The molecule has 0 amide bonds. The summed E-state index contributed by atoms with van der Waals surface area (Å²) in [5.74, 6) is 1.43. The van der Waals surface area contributed by atoms with Gasteiger partial charge in [0, 0.05) is 24.2 Å². The first kappa shape index (κ1) is 17.6. The summed E-state index contributed by atoms with van der Waals surface area (Å²) in [5.41, 5.74) is 1.47. The van der Waals surface area contributed by atoms with Crippen molar-refractivity contribution in [3.05, 3.63) is 24.4 Å². The minimum absolute atomic E-state index is 0.585. The molecule has 0 saturated carbocycles.